The number of carbonyl (C=O) groups excluding carboxylic acids is 1. The Morgan fingerprint density at radius 2 is 1.88 bits per heavy atom. The van der Waals surface area contributed by atoms with Gasteiger partial charge in [0.05, 0.1) is 11.3 Å². The van der Waals surface area contributed by atoms with E-state index in [9.17, 15) is 13.2 Å². The molecule has 1 aromatic rings. The molecule has 3 aliphatic carbocycles. The van der Waals surface area contributed by atoms with Crippen LogP contribution in [0.2, 0.25) is 0 Å². The van der Waals surface area contributed by atoms with E-state index in [1.165, 1.54) is 5.57 Å². The Morgan fingerprint density at radius 1 is 1.15 bits per heavy atom. The van der Waals surface area contributed by atoms with Gasteiger partial charge in [-0.3, -0.25) is 4.79 Å². The van der Waals surface area contributed by atoms with Crippen LogP contribution < -0.4 is 0 Å². The Labute approximate surface area is 204 Å². The van der Waals surface area contributed by atoms with Crippen molar-refractivity contribution in [1.29, 1.82) is 0 Å². The molecular weight excluding hydrogens is 446 g/mol. The molecule has 2 spiro atoms. The molecule has 1 aromatic carbocycles. The third-order valence-electron chi connectivity index (χ3n) is 10.6. The molecule has 4 bridgehead atoms. The number of piperidine rings is 1. The van der Waals surface area contributed by atoms with Crippen LogP contribution in [0.5, 0.6) is 0 Å². The Morgan fingerprint density at radius 3 is 2.59 bits per heavy atom. The van der Waals surface area contributed by atoms with Gasteiger partial charge in [-0.15, -0.1) is 0 Å². The van der Waals surface area contributed by atoms with Crippen LogP contribution >= 0.6 is 0 Å². The molecule has 2 saturated heterocycles. The van der Waals surface area contributed by atoms with E-state index < -0.39 is 21.0 Å². The first kappa shape index (κ1) is 22.8. The summed E-state index contributed by atoms with van der Waals surface area (Å²) in [6.45, 7) is 9.31. The van der Waals surface area contributed by atoms with E-state index in [4.69, 9.17) is 4.74 Å². The summed E-state index contributed by atoms with van der Waals surface area (Å²) in [5.74, 6) is 0.580. The average Bonchev–Trinajstić information content (AvgIpc) is 3.05. The molecule has 0 amide bonds. The maximum Gasteiger partial charge on any atom is 0.307 e. The molecule has 0 N–H and O–H groups in total. The summed E-state index contributed by atoms with van der Waals surface area (Å²) in [6.07, 6.45) is 8.39. The molecular formula is C28H37NO4S. The number of ether oxygens (including phenoxy) is 1. The van der Waals surface area contributed by atoms with Crippen LogP contribution in [0.15, 0.2) is 40.8 Å². The van der Waals surface area contributed by atoms with Crippen molar-refractivity contribution in [2.24, 2.45) is 28.6 Å². The van der Waals surface area contributed by atoms with Gasteiger partial charge in [0.15, 0.2) is 0 Å². The van der Waals surface area contributed by atoms with E-state index in [-0.39, 0.29) is 29.3 Å². The lowest BCUT2D eigenvalue weighted by Gasteiger charge is -2.73. The predicted octanol–water partition coefficient (Wildman–Crippen LogP) is 5.24. The smallest absolute Gasteiger partial charge is 0.307 e. The molecule has 6 rings (SSSR count). The Bertz CT molecular complexity index is 1170. The second-order valence-corrected chi connectivity index (χ2v) is 14.1. The second-order valence-electron chi connectivity index (χ2n) is 12.2. The van der Waals surface area contributed by atoms with Crippen molar-refractivity contribution in [2.45, 2.75) is 89.2 Å². The maximum absolute atomic E-state index is 14.3. The quantitative estimate of drug-likeness (QED) is 0.436. The van der Waals surface area contributed by atoms with E-state index >= 15 is 0 Å². The molecule has 4 fully saturated rings. The van der Waals surface area contributed by atoms with Gasteiger partial charge in [0, 0.05) is 18.0 Å². The van der Waals surface area contributed by atoms with Gasteiger partial charge in [-0.2, -0.15) is 4.31 Å². The number of benzene rings is 1. The number of nitrogens with zero attached hydrogens (tertiary/aromatic N) is 1. The lowest BCUT2D eigenvalue weighted by atomic mass is 9.35. The molecule has 5 nitrogen and oxygen atoms in total. The normalized spacial score (nSPS) is 41.5. The van der Waals surface area contributed by atoms with E-state index in [2.05, 4.69) is 26.8 Å². The number of allylic oxidation sites excluding steroid dienone is 1. The van der Waals surface area contributed by atoms with Crippen LogP contribution in [0.4, 0.5) is 0 Å². The van der Waals surface area contributed by atoms with Crippen molar-refractivity contribution in [2.75, 3.05) is 6.54 Å². The average molecular weight is 484 g/mol. The predicted molar refractivity (Wildman–Crippen MR) is 130 cm³/mol. The minimum atomic E-state index is -3.72. The van der Waals surface area contributed by atoms with E-state index in [0.717, 1.165) is 44.1 Å². The van der Waals surface area contributed by atoms with Crippen molar-refractivity contribution in [3.05, 3.63) is 41.5 Å². The SMILES string of the molecule is Cc1ccc(S(=O)(=O)N2C[C@H]3CC4=CCCC[C@]45OC(=O)C[C@@]54[C@@H]2[C@@H](C(C)C)CC[C@@]34C)cc1. The van der Waals surface area contributed by atoms with Gasteiger partial charge in [-0.1, -0.05) is 44.5 Å². The largest absolute Gasteiger partial charge is 0.454 e. The number of rotatable bonds is 3. The van der Waals surface area contributed by atoms with E-state index in [1.807, 2.05) is 23.4 Å². The van der Waals surface area contributed by atoms with Gasteiger partial charge < -0.3 is 4.74 Å². The summed E-state index contributed by atoms with van der Waals surface area (Å²) in [4.78, 5) is 13.6. The Hall–Kier alpha value is -1.66. The van der Waals surface area contributed by atoms with Crippen LogP contribution in [0, 0.1) is 35.5 Å². The van der Waals surface area contributed by atoms with Gasteiger partial charge in [0.2, 0.25) is 10.0 Å². The fourth-order valence-corrected chi connectivity index (χ4v) is 10.7. The Balaban J connectivity index is 1.61. The number of esters is 1. The van der Waals surface area contributed by atoms with Crippen LogP contribution in [0.3, 0.4) is 0 Å². The zero-order valence-electron chi connectivity index (χ0n) is 20.8. The number of aryl methyl sites for hydroxylation is 1. The Kier molecular flexibility index (Phi) is 4.82. The monoisotopic (exact) mass is 483 g/mol. The lowest BCUT2D eigenvalue weighted by molar-refractivity contribution is -0.239. The van der Waals surface area contributed by atoms with Crippen molar-refractivity contribution in [1.82, 2.24) is 4.31 Å². The molecule has 0 radical (unpaired) electrons. The van der Waals surface area contributed by atoms with Crippen LogP contribution in [-0.2, 0) is 19.6 Å². The van der Waals surface area contributed by atoms with Crippen molar-refractivity contribution in [3.8, 4) is 0 Å². The molecule has 2 heterocycles. The number of sulfonamides is 1. The van der Waals surface area contributed by atoms with Gasteiger partial charge in [0.1, 0.15) is 5.60 Å². The first-order valence-corrected chi connectivity index (χ1v) is 14.5. The van der Waals surface area contributed by atoms with Gasteiger partial charge in [0.25, 0.3) is 0 Å². The van der Waals surface area contributed by atoms with E-state index in [0.29, 0.717) is 23.8 Å². The van der Waals surface area contributed by atoms with Crippen LogP contribution in [-0.4, -0.2) is 36.9 Å². The lowest BCUT2D eigenvalue weighted by Crippen LogP contribution is -2.78. The molecule has 184 valence electrons. The first-order chi connectivity index (χ1) is 16.1. The van der Waals surface area contributed by atoms with Crippen LogP contribution in [0.25, 0.3) is 0 Å². The number of hydrogen-bond acceptors (Lipinski definition) is 4. The van der Waals surface area contributed by atoms with Crippen molar-refractivity contribution in [3.63, 3.8) is 0 Å². The summed E-state index contributed by atoms with van der Waals surface area (Å²) >= 11 is 0. The highest BCUT2D eigenvalue weighted by Crippen LogP contribution is 2.76. The molecule has 5 aliphatic rings. The number of hydrogen-bond donors (Lipinski definition) is 0. The summed E-state index contributed by atoms with van der Waals surface area (Å²) in [6, 6.07) is 7.02. The molecule has 6 atom stereocenters. The summed E-state index contributed by atoms with van der Waals surface area (Å²) < 4.78 is 36.9. The summed E-state index contributed by atoms with van der Waals surface area (Å²) in [7, 11) is -3.72. The molecule has 0 unspecified atom stereocenters. The van der Waals surface area contributed by atoms with E-state index in [1.54, 1.807) is 12.1 Å². The highest BCUT2D eigenvalue weighted by molar-refractivity contribution is 7.89. The molecule has 6 heteroatoms. The fraction of sp³-hybridized carbons (Fsp3) is 0.679. The second kappa shape index (κ2) is 7.19. The minimum Gasteiger partial charge on any atom is -0.454 e. The zero-order valence-corrected chi connectivity index (χ0v) is 21.7. The highest BCUT2D eigenvalue weighted by Gasteiger charge is 2.81. The van der Waals surface area contributed by atoms with Crippen molar-refractivity contribution < 1.29 is 17.9 Å². The number of carbonyl (C=O) groups is 1. The zero-order chi connectivity index (χ0) is 24.1. The van der Waals surface area contributed by atoms with Gasteiger partial charge >= 0.3 is 5.97 Å². The topological polar surface area (TPSA) is 63.7 Å². The third-order valence-corrected chi connectivity index (χ3v) is 12.4. The first-order valence-electron chi connectivity index (χ1n) is 13.1. The fourth-order valence-electron chi connectivity index (χ4n) is 8.98. The van der Waals surface area contributed by atoms with Crippen molar-refractivity contribution >= 4 is 16.0 Å². The van der Waals surface area contributed by atoms with Crippen LogP contribution in [0.1, 0.15) is 71.3 Å². The highest BCUT2D eigenvalue weighted by atomic mass is 32.2. The third kappa shape index (κ3) is 2.59. The molecule has 2 aliphatic heterocycles. The summed E-state index contributed by atoms with van der Waals surface area (Å²) in [5.41, 5.74) is 1.07. The minimum absolute atomic E-state index is 0.108. The van der Waals surface area contributed by atoms with Gasteiger partial charge in [-0.05, 0) is 86.3 Å². The molecule has 34 heavy (non-hydrogen) atoms. The summed E-state index contributed by atoms with van der Waals surface area (Å²) in [5, 5.41) is 0. The standard InChI is InChI=1S/C28H37NO4S/c1-18(2)23-12-14-26(4)21-15-20-7-5-6-13-28(20)27(26,16-24(30)33-28)25(23)29(17-21)34(31,32)22-10-8-19(3)9-11-22/h7-11,18,21,23,25H,5-6,12-17H2,1-4H3/t21-,23-,25+,26+,27+,28+/m1/s1. The molecule has 0 aromatic heterocycles. The maximum atomic E-state index is 14.3. The van der Waals surface area contributed by atoms with Gasteiger partial charge in [-0.25, -0.2) is 8.42 Å². The molecule has 2 saturated carbocycles.